The second-order valence-corrected chi connectivity index (χ2v) is 5.33. The molecule has 0 saturated carbocycles. The highest BCUT2D eigenvalue weighted by Gasteiger charge is 2.38. The molecule has 0 aromatic heterocycles. The van der Waals surface area contributed by atoms with Crippen LogP contribution >= 0.6 is 11.8 Å². The molecule has 106 valence electrons. The van der Waals surface area contributed by atoms with E-state index in [-0.39, 0.29) is 5.69 Å². The van der Waals surface area contributed by atoms with E-state index in [1.807, 2.05) is 12.1 Å². The summed E-state index contributed by atoms with van der Waals surface area (Å²) in [7, 11) is 0. The van der Waals surface area contributed by atoms with Crippen LogP contribution in [0.5, 0.6) is 0 Å². The van der Waals surface area contributed by atoms with E-state index >= 15 is 0 Å². The van der Waals surface area contributed by atoms with Crippen LogP contribution in [0.3, 0.4) is 0 Å². The third kappa shape index (κ3) is 2.39. The zero-order valence-electron chi connectivity index (χ0n) is 10.3. The third-order valence-corrected chi connectivity index (χ3v) is 4.08. The SMILES string of the molecule is [N-]=[N+]=Nc1ccc2c(c1C(F)(F)F)Nc1ccccc1S2. The molecular weight excluding hydrogens is 301 g/mol. The Labute approximate surface area is 121 Å². The van der Waals surface area contributed by atoms with Crippen molar-refractivity contribution in [3.8, 4) is 0 Å². The van der Waals surface area contributed by atoms with Crippen molar-refractivity contribution in [2.24, 2.45) is 5.11 Å². The van der Waals surface area contributed by atoms with Gasteiger partial charge in [-0.1, -0.05) is 35.1 Å². The van der Waals surface area contributed by atoms with Gasteiger partial charge in [-0.25, -0.2) is 0 Å². The first-order chi connectivity index (χ1) is 10.0. The van der Waals surface area contributed by atoms with E-state index in [1.54, 1.807) is 12.1 Å². The van der Waals surface area contributed by atoms with E-state index in [4.69, 9.17) is 5.53 Å². The molecule has 1 N–H and O–H groups in total. The number of fused-ring (bicyclic) bond motifs is 2. The first-order valence-electron chi connectivity index (χ1n) is 5.84. The number of anilines is 2. The number of para-hydroxylation sites is 1. The molecule has 8 heteroatoms. The van der Waals surface area contributed by atoms with Gasteiger partial charge in [0.15, 0.2) is 0 Å². The van der Waals surface area contributed by atoms with Crippen molar-refractivity contribution in [3.63, 3.8) is 0 Å². The Balaban J connectivity index is 2.23. The van der Waals surface area contributed by atoms with E-state index in [2.05, 4.69) is 15.3 Å². The van der Waals surface area contributed by atoms with Crippen LogP contribution in [0, 0.1) is 0 Å². The highest BCUT2D eigenvalue weighted by atomic mass is 32.2. The molecule has 1 heterocycles. The fourth-order valence-electron chi connectivity index (χ4n) is 2.11. The van der Waals surface area contributed by atoms with Crippen molar-refractivity contribution >= 4 is 28.8 Å². The standard InChI is InChI=1S/C13H7F3N4S/c14-13(15,16)11-8(19-20-17)5-6-10-12(11)18-7-3-1-2-4-9(7)21-10/h1-6,18H. The molecule has 0 amide bonds. The highest BCUT2D eigenvalue weighted by Crippen LogP contribution is 2.51. The van der Waals surface area contributed by atoms with Gasteiger partial charge in [0.1, 0.15) is 0 Å². The van der Waals surface area contributed by atoms with E-state index in [1.165, 1.54) is 23.9 Å². The van der Waals surface area contributed by atoms with Crippen molar-refractivity contribution in [2.45, 2.75) is 16.0 Å². The summed E-state index contributed by atoms with van der Waals surface area (Å²) < 4.78 is 39.9. The van der Waals surface area contributed by atoms with E-state index in [0.29, 0.717) is 10.6 Å². The first kappa shape index (κ1) is 13.7. The van der Waals surface area contributed by atoms with Crippen molar-refractivity contribution in [1.29, 1.82) is 0 Å². The largest absolute Gasteiger partial charge is 0.418 e. The maximum atomic E-state index is 13.3. The summed E-state index contributed by atoms with van der Waals surface area (Å²) in [5.74, 6) is 0. The molecule has 0 fully saturated rings. The van der Waals surface area contributed by atoms with Gasteiger partial charge in [0.05, 0.1) is 22.6 Å². The number of hydrogen-bond acceptors (Lipinski definition) is 3. The Bertz CT molecular complexity index is 766. The van der Waals surface area contributed by atoms with E-state index < -0.39 is 17.4 Å². The van der Waals surface area contributed by atoms with Crippen LogP contribution in [0.25, 0.3) is 10.4 Å². The molecule has 4 nitrogen and oxygen atoms in total. The lowest BCUT2D eigenvalue weighted by molar-refractivity contribution is -0.136. The lowest BCUT2D eigenvalue weighted by atomic mass is 10.1. The van der Waals surface area contributed by atoms with Crippen LogP contribution in [0.15, 0.2) is 51.3 Å². The zero-order valence-corrected chi connectivity index (χ0v) is 11.2. The minimum Gasteiger partial charge on any atom is -0.353 e. The lowest BCUT2D eigenvalue weighted by Crippen LogP contribution is -2.12. The molecule has 0 unspecified atom stereocenters. The Hall–Kier alpha value is -2.31. The van der Waals surface area contributed by atoms with Gasteiger partial charge in [-0.05, 0) is 23.7 Å². The molecule has 0 saturated heterocycles. The topological polar surface area (TPSA) is 60.8 Å². The molecule has 2 aromatic rings. The smallest absolute Gasteiger partial charge is 0.353 e. The van der Waals surface area contributed by atoms with Crippen molar-refractivity contribution in [2.75, 3.05) is 5.32 Å². The number of nitrogens with one attached hydrogen (secondary N) is 1. The monoisotopic (exact) mass is 308 g/mol. The predicted molar refractivity (Wildman–Crippen MR) is 74.1 cm³/mol. The number of alkyl halides is 3. The molecule has 1 aliphatic heterocycles. The summed E-state index contributed by atoms with van der Waals surface area (Å²) in [5.41, 5.74) is 7.58. The molecule has 3 rings (SSSR count). The Morgan fingerprint density at radius 3 is 2.57 bits per heavy atom. The third-order valence-electron chi connectivity index (χ3n) is 2.95. The summed E-state index contributed by atoms with van der Waals surface area (Å²) in [6, 6.07) is 9.78. The van der Waals surface area contributed by atoms with E-state index in [0.717, 1.165) is 4.90 Å². The molecule has 21 heavy (non-hydrogen) atoms. The molecule has 0 radical (unpaired) electrons. The van der Waals surface area contributed by atoms with Crippen LogP contribution in [-0.4, -0.2) is 0 Å². The normalized spacial score (nSPS) is 12.7. The zero-order chi connectivity index (χ0) is 15.0. The van der Waals surface area contributed by atoms with Crippen LogP contribution in [0.4, 0.5) is 30.2 Å². The number of azide groups is 1. The number of rotatable bonds is 1. The van der Waals surface area contributed by atoms with Crippen molar-refractivity contribution < 1.29 is 13.2 Å². The van der Waals surface area contributed by atoms with Gasteiger partial charge in [-0.2, -0.15) is 13.2 Å². The van der Waals surface area contributed by atoms with Crippen LogP contribution in [0.1, 0.15) is 5.56 Å². The predicted octanol–water partition coefficient (Wildman–Crippen LogP) is 5.86. The summed E-state index contributed by atoms with van der Waals surface area (Å²) >= 11 is 1.24. The lowest BCUT2D eigenvalue weighted by Gasteiger charge is -2.25. The summed E-state index contributed by atoms with van der Waals surface area (Å²) in [6.45, 7) is 0. The number of hydrogen-bond donors (Lipinski definition) is 1. The second-order valence-electron chi connectivity index (χ2n) is 4.24. The average molecular weight is 308 g/mol. The second kappa shape index (κ2) is 4.91. The average Bonchev–Trinajstić information content (AvgIpc) is 2.44. The van der Waals surface area contributed by atoms with E-state index in [9.17, 15) is 13.2 Å². The van der Waals surface area contributed by atoms with Crippen LogP contribution < -0.4 is 5.32 Å². The summed E-state index contributed by atoms with van der Waals surface area (Å²) in [6.07, 6.45) is -4.62. The van der Waals surface area contributed by atoms with Crippen LogP contribution in [0.2, 0.25) is 0 Å². The molecule has 0 aliphatic carbocycles. The minimum absolute atomic E-state index is 0.0731. The quantitative estimate of drug-likeness (QED) is 0.348. The molecule has 0 bridgehead atoms. The van der Waals surface area contributed by atoms with Gasteiger partial charge in [-0.3, -0.25) is 0 Å². The van der Waals surface area contributed by atoms with Crippen molar-refractivity contribution in [3.05, 3.63) is 52.4 Å². The Kier molecular flexibility index (Phi) is 3.19. The Morgan fingerprint density at radius 2 is 1.86 bits per heavy atom. The Morgan fingerprint density at radius 1 is 1.10 bits per heavy atom. The summed E-state index contributed by atoms with van der Waals surface area (Å²) in [4.78, 5) is 3.75. The molecule has 2 aromatic carbocycles. The minimum atomic E-state index is -4.62. The van der Waals surface area contributed by atoms with Gasteiger partial charge in [0.25, 0.3) is 0 Å². The van der Waals surface area contributed by atoms with Gasteiger partial charge in [0.2, 0.25) is 0 Å². The number of halogens is 3. The van der Waals surface area contributed by atoms with Crippen molar-refractivity contribution in [1.82, 2.24) is 0 Å². The number of nitrogens with zero attached hydrogens (tertiary/aromatic N) is 3. The van der Waals surface area contributed by atoms with Gasteiger partial charge < -0.3 is 5.32 Å². The fraction of sp³-hybridized carbons (Fsp3) is 0.0769. The number of benzene rings is 2. The fourth-order valence-corrected chi connectivity index (χ4v) is 3.12. The van der Waals surface area contributed by atoms with Crippen LogP contribution in [-0.2, 0) is 6.18 Å². The molecular formula is C13H7F3N4S. The first-order valence-corrected chi connectivity index (χ1v) is 6.65. The van der Waals surface area contributed by atoms with Gasteiger partial charge in [0, 0.05) is 14.7 Å². The van der Waals surface area contributed by atoms with Gasteiger partial charge in [-0.15, -0.1) is 0 Å². The maximum Gasteiger partial charge on any atom is 0.418 e. The molecule has 0 atom stereocenters. The maximum absolute atomic E-state index is 13.3. The van der Waals surface area contributed by atoms with Gasteiger partial charge >= 0.3 is 6.18 Å². The summed E-state index contributed by atoms with van der Waals surface area (Å²) in [5, 5.41) is 5.94. The molecule has 1 aliphatic rings. The highest BCUT2D eigenvalue weighted by molar-refractivity contribution is 7.99. The molecule has 0 spiro atoms.